The number of carbonyl (C=O) groups is 2. The molecule has 0 aromatic heterocycles. The highest BCUT2D eigenvalue weighted by atomic mass is 19.1. The normalized spacial score (nSPS) is 36.8. The van der Waals surface area contributed by atoms with Crippen molar-refractivity contribution in [1.29, 1.82) is 0 Å². The van der Waals surface area contributed by atoms with Crippen molar-refractivity contribution in [2.24, 2.45) is 11.8 Å². The summed E-state index contributed by atoms with van der Waals surface area (Å²) in [4.78, 5) is 27.3. The lowest BCUT2D eigenvalue weighted by Crippen LogP contribution is -2.48. The van der Waals surface area contributed by atoms with Gasteiger partial charge in [0.25, 0.3) is 0 Å². The Kier molecular flexibility index (Phi) is 4.57. The average Bonchev–Trinajstić information content (AvgIpc) is 3.30. The molecule has 4 aliphatic rings. The summed E-state index contributed by atoms with van der Waals surface area (Å²) in [5.74, 6) is -2.30. The first-order chi connectivity index (χ1) is 14.3. The molecule has 30 heavy (non-hydrogen) atoms. The SMILES string of the molecule is CN1C[C@]23C=C[C@H](O2)[C@H](C(=O)NC2CCC(Oc4cc(F)cc(F)c4)CC2)[C@@H]3C1=O. The monoisotopic (exact) mass is 418 g/mol. The van der Waals surface area contributed by atoms with Crippen LogP contribution in [0.2, 0.25) is 0 Å². The van der Waals surface area contributed by atoms with E-state index in [1.807, 2.05) is 12.2 Å². The van der Waals surface area contributed by atoms with Gasteiger partial charge in [-0.05, 0) is 25.7 Å². The first-order valence-corrected chi connectivity index (χ1v) is 10.4. The molecule has 1 aromatic rings. The van der Waals surface area contributed by atoms with Gasteiger partial charge in [-0.2, -0.15) is 0 Å². The van der Waals surface area contributed by atoms with Crippen LogP contribution in [0.4, 0.5) is 8.78 Å². The molecule has 2 bridgehead atoms. The number of nitrogens with zero attached hydrogens (tertiary/aromatic N) is 1. The van der Waals surface area contributed by atoms with Crippen molar-refractivity contribution < 1.29 is 27.8 Å². The van der Waals surface area contributed by atoms with Crippen molar-refractivity contribution in [1.82, 2.24) is 10.2 Å². The van der Waals surface area contributed by atoms with Crippen molar-refractivity contribution in [3.05, 3.63) is 42.0 Å². The van der Waals surface area contributed by atoms with Crippen LogP contribution < -0.4 is 10.1 Å². The Bertz CT molecular complexity index is 894. The molecule has 1 aromatic carbocycles. The van der Waals surface area contributed by atoms with Gasteiger partial charge in [-0.1, -0.05) is 12.2 Å². The summed E-state index contributed by atoms with van der Waals surface area (Å²) in [6, 6.07) is 3.14. The van der Waals surface area contributed by atoms with Gasteiger partial charge in [0.1, 0.15) is 23.0 Å². The molecule has 1 aliphatic carbocycles. The number of hydrogen-bond acceptors (Lipinski definition) is 4. The van der Waals surface area contributed by atoms with Crippen LogP contribution in [-0.4, -0.2) is 54.2 Å². The number of nitrogens with one attached hydrogen (secondary N) is 1. The summed E-state index contributed by atoms with van der Waals surface area (Å²) in [5, 5.41) is 3.09. The van der Waals surface area contributed by atoms with E-state index in [4.69, 9.17) is 9.47 Å². The number of amides is 2. The molecule has 3 aliphatic heterocycles. The van der Waals surface area contributed by atoms with Crippen LogP contribution in [0, 0.1) is 23.5 Å². The molecule has 0 radical (unpaired) electrons. The molecule has 160 valence electrons. The lowest BCUT2D eigenvalue weighted by Gasteiger charge is -2.31. The van der Waals surface area contributed by atoms with E-state index in [0.29, 0.717) is 32.2 Å². The van der Waals surface area contributed by atoms with Gasteiger partial charge >= 0.3 is 0 Å². The summed E-state index contributed by atoms with van der Waals surface area (Å²) in [6.07, 6.45) is 6.07. The standard InChI is InChI=1S/C22H24F2N2O4/c1-26-11-22-7-6-17(30-22)18(19(22)21(26)28)20(27)25-14-2-4-15(5-3-14)29-16-9-12(23)8-13(24)10-16/h6-10,14-15,17-19H,2-5,11H2,1H3,(H,25,27)/t14?,15?,17-,18-,19+,22-/m0/s1. The Balaban J connectivity index is 1.18. The molecule has 1 saturated carbocycles. The molecule has 8 heteroatoms. The van der Waals surface area contributed by atoms with E-state index < -0.39 is 29.1 Å². The fraction of sp³-hybridized carbons (Fsp3) is 0.545. The van der Waals surface area contributed by atoms with Gasteiger partial charge in [0.2, 0.25) is 11.8 Å². The van der Waals surface area contributed by atoms with Crippen LogP contribution in [0.15, 0.2) is 30.4 Å². The number of likely N-dealkylation sites (N-methyl/N-ethyl adjacent to an activating group) is 1. The number of benzene rings is 1. The topological polar surface area (TPSA) is 67.9 Å². The molecule has 5 rings (SSSR count). The Morgan fingerprint density at radius 2 is 1.90 bits per heavy atom. The van der Waals surface area contributed by atoms with Crippen molar-refractivity contribution in [3.8, 4) is 5.75 Å². The Morgan fingerprint density at radius 3 is 2.60 bits per heavy atom. The minimum absolute atomic E-state index is 0.0186. The molecule has 0 unspecified atom stereocenters. The van der Waals surface area contributed by atoms with E-state index in [1.54, 1.807) is 11.9 Å². The first-order valence-electron chi connectivity index (χ1n) is 10.4. The fourth-order valence-electron chi connectivity index (χ4n) is 5.40. The van der Waals surface area contributed by atoms with Crippen molar-refractivity contribution in [2.75, 3.05) is 13.6 Å². The smallest absolute Gasteiger partial charge is 0.229 e. The number of ether oxygens (including phenoxy) is 2. The molecule has 6 nitrogen and oxygen atoms in total. The van der Waals surface area contributed by atoms with Crippen LogP contribution in [-0.2, 0) is 14.3 Å². The minimum Gasteiger partial charge on any atom is -0.490 e. The van der Waals surface area contributed by atoms with Gasteiger partial charge in [0, 0.05) is 31.3 Å². The molecular weight excluding hydrogens is 394 g/mol. The average molecular weight is 418 g/mol. The van der Waals surface area contributed by atoms with E-state index in [-0.39, 0.29) is 35.8 Å². The maximum absolute atomic E-state index is 13.3. The second kappa shape index (κ2) is 7.04. The quantitative estimate of drug-likeness (QED) is 0.762. The van der Waals surface area contributed by atoms with Gasteiger partial charge in [0.05, 0.1) is 30.6 Å². The molecule has 1 spiro atoms. The van der Waals surface area contributed by atoms with Crippen LogP contribution in [0.5, 0.6) is 5.75 Å². The zero-order chi connectivity index (χ0) is 21.0. The number of hydrogen-bond donors (Lipinski definition) is 1. The Labute approximate surface area is 173 Å². The number of fused-ring (bicyclic) bond motifs is 1. The number of rotatable bonds is 4. The number of likely N-dealkylation sites (tertiary alicyclic amines) is 1. The largest absolute Gasteiger partial charge is 0.490 e. The van der Waals surface area contributed by atoms with Crippen LogP contribution in [0.1, 0.15) is 25.7 Å². The molecular formula is C22H24F2N2O4. The first kappa shape index (κ1) is 19.5. The van der Waals surface area contributed by atoms with Gasteiger partial charge in [-0.3, -0.25) is 9.59 Å². The Hall–Kier alpha value is -2.48. The summed E-state index contributed by atoms with van der Waals surface area (Å²) in [6.45, 7) is 0.483. The lowest BCUT2D eigenvalue weighted by molar-refractivity contribution is -0.137. The Morgan fingerprint density at radius 1 is 1.20 bits per heavy atom. The third-order valence-corrected chi connectivity index (χ3v) is 6.75. The van der Waals surface area contributed by atoms with E-state index >= 15 is 0 Å². The van der Waals surface area contributed by atoms with Gasteiger partial charge in [0.15, 0.2) is 0 Å². The zero-order valence-corrected chi connectivity index (χ0v) is 16.6. The molecule has 2 amide bonds. The van der Waals surface area contributed by atoms with Gasteiger partial charge < -0.3 is 19.7 Å². The molecule has 1 N–H and O–H groups in total. The summed E-state index contributed by atoms with van der Waals surface area (Å²) >= 11 is 0. The number of halogens is 2. The molecule has 3 fully saturated rings. The van der Waals surface area contributed by atoms with Crippen LogP contribution >= 0.6 is 0 Å². The van der Waals surface area contributed by atoms with Crippen LogP contribution in [0.25, 0.3) is 0 Å². The van der Waals surface area contributed by atoms with E-state index in [2.05, 4.69) is 5.32 Å². The summed E-state index contributed by atoms with van der Waals surface area (Å²) < 4.78 is 38.4. The molecule has 4 atom stereocenters. The lowest BCUT2D eigenvalue weighted by atomic mass is 9.76. The second-order valence-corrected chi connectivity index (χ2v) is 8.80. The van der Waals surface area contributed by atoms with Gasteiger partial charge in [-0.15, -0.1) is 0 Å². The van der Waals surface area contributed by atoms with Gasteiger partial charge in [-0.25, -0.2) is 8.78 Å². The van der Waals surface area contributed by atoms with E-state index in [0.717, 1.165) is 6.07 Å². The fourth-order valence-corrected chi connectivity index (χ4v) is 5.40. The second-order valence-electron chi connectivity index (χ2n) is 8.80. The van der Waals surface area contributed by atoms with E-state index in [1.165, 1.54) is 12.1 Å². The summed E-state index contributed by atoms with van der Waals surface area (Å²) in [5.41, 5.74) is -0.662. The summed E-state index contributed by atoms with van der Waals surface area (Å²) in [7, 11) is 1.74. The maximum Gasteiger partial charge on any atom is 0.229 e. The molecule has 3 heterocycles. The maximum atomic E-state index is 13.3. The molecule has 2 saturated heterocycles. The minimum atomic E-state index is -0.669. The van der Waals surface area contributed by atoms with E-state index in [9.17, 15) is 18.4 Å². The van der Waals surface area contributed by atoms with Crippen LogP contribution in [0.3, 0.4) is 0 Å². The van der Waals surface area contributed by atoms with Crippen molar-refractivity contribution >= 4 is 11.8 Å². The zero-order valence-electron chi connectivity index (χ0n) is 16.6. The highest BCUT2D eigenvalue weighted by molar-refractivity contribution is 5.92. The van der Waals surface area contributed by atoms with Crippen molar-refractivity contribution in [2.45, 2.75) is 49.5 Å². The third kappa shape index (κ3) is 3.17. The predicted octanol–water partition coefficient (Wildman–Crippen LogP) is 2.18. The van der Waals surface area contributed by atoms with Crippen molar-refractivity contribution in [3.63, 3.8) is 0 Å². The number of carbonyl (C=O) groups excluding carboxylic acids is 2. The highest BCUT2D eigenvalue weighted by Gasteiger charge is 2.66. The predicted molar refractivity (Wildman–Crippen MR) is 103 cm³/mol. The highest BCUT2D eigenvalue weighted by Crippen LogP contribution is 2.51. The third-order valence-electron chi connectivity index (χ3n) is 6.75.